The lowest BCUT2D eigenvalue weighted by atomic mass is 9.44. The van der Waals surface area contributed by atoms with Gasteiger partial charge in [0.2, 0.25) is 0 Å². The number of carbonyl (C=O) groups excluding carboxylic acids is 1. The van der Waals surface area contributed by atoms with E-state index >= 15 is 0 Å². The smallest absolute Gasteiger partial charge is 0.181 e. The lowest BCUT2D eigenvalue weighted by molar-refractivity contribution is -0.478. The minimum Gasteiger partial charge on any atom is -0.321 e. The largest absolute Gasteiger partial charge is 0.321 e. The molecule has 4 saturated carbocycles. The third kappa shape index (κ3) is 1.71. The summed E-state index contributed by atoms with van der Waals surface area (Å²) in [4.78, 5) is 12.0. The van der Waals surface area contributed by atoms with Crippen LogP contribution in [-0.2, 0) is 14.3 Å². The van der Waals surface area contributed by atoms with Crippen molar-refractivity contribution in [3.63, 3.8) is 0 Å². The molecule has 3 nitrogen and oxygen atoms in total. The molecule has 6 aliphatic rings. The Kier molecular flexibility index (Phi) is 3.33. The summed E-state index contributed by atoms with van der Waals surface area (Å²) in [7, 11) is 0. The molecule has 0 amide bonds. The summed E-state index contributed by atoms with van der Waals surface area (Å²) in [6.07, 6.45) is 12.3. The summed E-state index contributed by atoms with van der Waals surface area (Å²) in [6.45, 7) is 11.4. The Balaban J connectivity index is 1.42. The number of rotatable bonds is 1. The van der Waals surface area contributed by atoms with Crippen LogP contribution in [0.2, 0.25) is 0 Å². The molecule has 0 spiro atoms. The molecular weight excluding hydrogens is 348 g/mol. The second-order valence-electron chi connectivity index (χ2n) is 11.1. The Bertz CT molecular complexity index is 805. The van der Waals surface area contributed by atoms with E-state index in [1.807, 2.05) is 13.0 Å². The first kappa shape index (κ1) is 17.9. The lowest BCUT2D eigenvalue weighted by Gasteiger charge is -2.63. The van der Waals surface area contributed by atoms with Crippen LogP contribution in [0.4, 0.5) is 0 Å². The maximum atomic E-state index is 12.0. The van der Waals surface area contributed by atoms with Gasteiger partial charge in [0.1, 0.15) is 0 Å². The monoisotopic (exact) mass is 382 g/mol. The van der Waals surface area contributed by atoms with Crippen molar-refractivity contribution >= 4 is 5.78 Å². The van der Waals surface area contributed by atoms with Gasteiger partial charge in [-0.2, -0.15) is 0 Å². The second-order valence-corrected chi connectivity index (χ2v) is 11.1. The van der Waals surface area contributed by atoms with E-state index < -0.39 is 5.79 Å². The number of ketones is 1. The molecule has 5 fully saturated rings. The lowest BCUT2D eigenvalue weighted by Crippen LogP contribution is -2.65. The third-order valence-electron chi connectivity index (χ3n) is 10.7. The SMILES string of the molecule is C=C1CC23CC[C@@]1(C1(C)OC(C)O1)[C@@]2(C)CC[C@H]1[C@H]3CCC2=CC(=O)CC[C@@H]21. The first-order chi connectivity index (χ1) is 13.3. The van der Waals surface area contributed by atoms with Crippen molar-refractivity contribution in [1.82, 2.24) is 0 Å². The van der Waals surface area contributed by atoms with Gasteiger partial charge in [0, 0.05) is 6.42 Å². The zero-order valence-corrected chi connectivity index (χ0v) is 17.7. The van der Waals surface area contributed by atoms with Crippen molar-refractivity contribution in [2.75, 3.05) is 0 Å². The Hall–Kier alpha value is -0.930. The highest BCUT2D eigenvalue weighted by Gasteiger charge is 2.81. The first-order valence-corrected chi connectivity index (χ1v) is 11.5. The van der Waals surface area contributed by atoms with E-state index in [1.54, 1.807) is 0 Å². The molecule has 1 saturated heterocycles. The Morgan fingerprint density at radius 1 is 1.07 bits per heavy atom. The van der Waals surface area contributed by atoms with Crippen LogP contribution in [0, 0.1) is 34.0 Å². The molecule has 2 bridgehead atoms. The number of ether oxygens (including phenoxy) is 2. The van der Waals surface area contributed by atoms with Gasteiger partial charge in [-0.05, 0) is 99.9 Å². The minimum atomic E-state index is -0.500. The van der Waals surface area contributed by atoms with Crippen molar-refractivity contribution in [3.8, 4) is 0 Å². The van der Waals surface area contributed by atoms with E-state index in [0.717, 1.165) is 37.5 Å². The molecule has 6 atom stereocenters. The summed E-state index contributed by atoms with van der Waals surface area (Å²) < 4.78 is 12.6. The van der Waals surface area contributed by atoms with Crippen LogP contribution in [0.15, 0.2) is 23.8 Å². The molecule has 28 heavy (non-hydrogen) atoms. The summed E-state index contributed by atoms with van der Waals surface area (Å²) in [5.41, 5.74) is 3.42. The number of fused-ring (bicyclic) bond motifs is 3. The molecule has 0 aromatic rings. The summed E-state index contributed by atoms with van der Waals surface area (Å²) in [6, 6.07) is 0. The van der Waals surface area contributed by atoms with Gasteiger partial charge in [-0.15, -0.1) is 0 Å². The third-order valence-corrected chi connectivity index (χ3v) is 10.7. The van der Waals surface area contributed by atoms with Gasteiger partial charge < -0.3 is 9.47 Å². The maximum absolute atomic E-state index is 12.0. The molecule has 1 unspecified atom stereocenters. The van der Waals surface area contributed by atoms with Gasteiger partial charge in [-0.3, -0.25) is 4.79 Å². The highest BCUT2D eigenvalue weighted by atomic mass is 16.9. The van der Waals surface area contributed by atoms with Crippen molar-refractivity contribution in [1.29, 1.82) is 0 Å². The average Bonchev–Trinajstić information content (AvgIpc) is 3.01. The molecule has 0 N–H and O–H groups in total. The predicted octanol–water partition coefficient (Wildman–Crippen LogP) is 5.55. The predicted molar refractivity (Wildman–Crippen MR) is 107 cm³/mol. The molecule has 5 aliphatic carbocycles. The number of hydrogen-bond donors (Lipinski definition) is 0. The topological polar surface area (TPSA) is 35.5 Å². The molecule has 0 aromatic heterocycles. The molecule has 152 valence electrons. The van der Waals surface area contributed by atoms with Gasteiger partial charge in [0.25, 0.3) is 0 Å². The first-order valence-electron chi connectivity index (χ1n) is 11.5. The van der Waals surface area contributed by atoms with Crippen LogP contribution in [0.5, 0.6) is 0 Å². The number of carbonyl (C=O) groups is 1. The van der Waals surface area contributed by atoms with Crippen molar-refractivity contribution < 1.29 is 14.3 Å². The summed E-state index contributed by atoms with van der Waals surface area (Å²) in [5, 5.41) is 0. The van der Waals surface area contributed by atoms with E-state index in [9.17, 15) is 4.79 Å². The van der Waals surface area contributed by atoms with Crippen LogP contribution in [0.1, 0.15) is 78.6 Å². The fraction of sp³-hybridized carbons (Fsp3) is 0.800. The molecule has 6 rings (SSSR count). The van der Waals surface area contributed by atoms with Crippen molar-refractivity contribution in [3.05, 3.63) is 23.8 Å². The van der Waals surface area contributed by atoms with Crippen molar-refractivity contribution in [2.24, 2.45) is 34.0 Å². The van der Waals surface area contributed by atoms with Crippen LogP contribution < -0.4 is 0 Å². The molecule has 0 aromatic carbocycles. The Labute approximate surface area is 168 Å². The average molecular weight is 383 g/mol. The molecule has 3 heteroatoms. The van der Waals surface area contributed by atoms with E-state index in [1.165, 1.54) is 43.3 Å². The zero-order chi connectivity index (χ0) is 19.5. The standard InChI is InChI=1S/C25H34O3/c1-15-14-24-11-12-25(15,23(4)27-16(2)28-23)22(24,3)10-9-20-19-7-6-18(26)13-17(19)5-8-21(20)24/h13,16,19-21H,1,5-12,14H2,2-4H3/t16?,19-,20+,21+,22-,23?,24?,25-/m0/s1. The minimum absolute atomic E-state index is 0.0316. The highest BCUT2D eigenvalue weighted by molar-refractivity contribution is 5.91. The Morgan fingerprint density at radius 2 is 1.86 bits per heavy atom. The van der Waals surface area contributed by atoms with Crippen LogP contribution in [0.25, 0.3) is 0 Å². The van der Waals surface area contributed by atoms with E-state index in [-0.39, 0.29) is 17.1 Å². The molecule has 1 heterocycles. The normalized spacial score (nSPS) is 57.2. The number of hydrogen-bond acceptors (Lipinski definition) is 3. The van der Waals surface area contributed by atoms with Gasteiger partial charge in [0.05, 0.1) is 5.41 Å². The number of allylic oxidation sites excluding steroid dienone is 1. The molecule has 1 aliphatic heterocycles. The molecule has 0 radical (unpaired) electrons. The fourth-order valence-electron chi connectivity index (χ4n) is 9.83. The van der Waals surface area contributed by atoms with E-state index in [2.05, 4.69) is 20.4 Å². The van der Waals surface area contributed by atoms with E-state index in [0.29, 0.717) is 17.1 Å². The van der Waals surface area contributed by atoms with Crippen molar-refractivity contribution in [2.45, 2.75) is 90.6 Å². The van der Waals surface area contributed by atoms with Gasteiger partial charge in [-0.25, -0.2) is 0 Å². The zero-order valence-electron chi connectivity index (χ0n) is 17.7. The van der Waals surface area contributed by atoms with Crippen LogP contribution >= 0.6 is 0 Å². The van der Waals surface area contributed by atoms with Gasteiger partial charge in [-0.1, -0.05) is 24.6 Å². The van der Waals surface area contributed by atoms with Crippen LogP contribution in [-0.4, -0.2) is 17.9 Å². The van der Waals surface area contributed by atoms with E-state index in [4.69, 9.17) is 9.47 Å². The quantitative estimate of drug-likeness (QED) is 0.558. The molecular formula is C25H34O3. The van der Waals surface area contributed by atoms with Gasteiger partial charge in [0.15, 0.2) is 17.9 Å². The highest BCUT2D eigenvalue weighted by Crippen LogP contribution is 2.85. The maximum Gasteiger partial charge on any atom is 0.181 e. The summed E-state index contributed by atoms with van der Waals surface area (Å²) in [5.74, 6) is 2.05. The van der Waals surface area contributed by atoms with Crippen LogP contribution in [0.3, 0.4) is 0 Å². The Morgan fingerprint density at radius 3 is 2.57 bits per heavy atom. The second kappa shape index (κ2) is 5.21. The summed E-state index contributed by atoms with van der Waals surface area (Å²) >= 11 is 0. The van der Waals surface area contributed by atoms with Gasteiger partial charge >= 0.3 is 0 Å². The fourth-order valence-corrected chi connectivity index (χ4v) is 9.83.